The van der Waals surface area contributed by atoms with Gasteiger partial charge in [-0.3, -0.25) is 14.4 Å². The Morgan fingerprint density at radius 1 is 0.837 bits per heavy atom. The first kappa shape index (κ1) is 31.0. The molecule has 4 rings (SSSR count). The van der Waals surface area contributed by atoms with Crippen molar-refractivity contribution < 1.29 is 28.7 Å². The number of anilines is 2. The van der Waals surface area contributed by atoms with E-state index >= 15 is 0 Å². The minimum Gasteiger partial charge on any atom is -0.478 e. The van der Waals surface area contributed by atoms with Crippen LogP contribution in [0.4, 0.5) is 15.8 Å². The summed E-state index contributed by atoms with van der Waals surface area (Å²) in [6.45, 7) is 1.71. The first-order chi connectivity index (χ1) is 20.6. The third-order valence-corrected chi connectivity index (χ3v) is 7.43. The second kappa shape index (κ2) is 14.3. The number of hydrogen-bond donors (Lipinski definition) is 4. The van der Waals surface area contributed by atoms with E-state index in [9.17, 15) is 23.6 Å². The molecule has 0 heterocycles. The Labute approximate surface area is 256 Å². The molecule has 218 valence electrons. The predicted molar refractivity (Wildman–Crippen MR) is 166 cm³/mol. The van der Waals surface area contributed by atoms with Crippen LogP contribution < -0.4 is 16.0 Å². The summed E-state index contributed by atoms with van der Waals surface area (Å²) in [6.07, 6.45) is 1.17. The second-order valence-electron chi connectivity index (χ2n) is 9.13. The van der Waals surface area contributed by atoms with Crippen molar-refractivity contribution in [3.05, 3.63) is 130 Å². The van der Waals surface area contributed by atoms with Crippen LogP contribution in [-0.4, -0.2) is 34.0 Å². The molecule has 0 bridgehead atoms. The number of carboxylic acids is 1. The van der Waals surface area contributed by atoms with Crippen molar-refractivity contribution in [2.75, 3.05) is 10.6 Å². The minimum atomic E-state index is -1.09. The van der Waals surface area contributed by atoms with Crippen LogP contribution in [0.15, 0.2) is 108 Å². The summed E-state index contributed by atoms with van der Waals surface area (Å²) in [5.41, 5.74) is 0.833. The first-order valence-corrected chi connectivity index (χ1v) is 14.1. The maximum Gasteiger partial charge on any atom is 0.335 e. The topological polar surface area (TPSA) is 125 Å². The molecule has 4 aromatic rings. The molecule has 3 amide bonds. The number of aromatic carboxylic acids is 1. The summed E-state index contributed by atoms with van der Waals surface area (Å²) < 4.78 is 14.5. The molecule has 0 aliphatic rings. The number of carboxylic acid groups (broad SMARTS) is 1. The van der Waals surface area contributed by atoms with Gasteiger partial charge in [0.1, 0.15) is 11.5 Å². The van der Waals surface area contributed by atoms with Crippen LogP contribution >= 0.6 is 23.4 Å². The Morgan fingerprint density at radius 2 is 1.51 bits per heavy atom. The zero-order valence-corrected chi connectivity index (χ0v) is 24.2. The molecule has 8 nitrogen and oxygen atoms in total. The molecule has 0 saturated carbocycles. The Bertz CT molecular complexity index is 1680. The minimum absolute atomic E-state index is 0.0589. The average molecular weight is 618 g/mol. The van der Waals surface area contributed by atoms with E-state index in [2.05, 4.69) is 16.0 Å². The van der Waals surface area contributed by atoms with Crippen LogP contribution in [0.3, 0.4) is 0 Å². The largest absolute Gasteiger partial charge is 0.478 e. The first-order valence-electron chi connectivity index (χ1n) is 12.8. The lowest BCUT2D eigenvalue weighted by Gasteiger charge is -2.14. The number of carbonyl (C=O) groups excluding carboxylic acids is 3. The predicted octanol–water partition coefficient (Wildman–Crippen LogP) is 6.71. The Balaban J connectivity index is 1.45. The van der Waals surface area contributed by atoms with E-state index in [0.29, 0.717) is 16.9 Å². The Hall–Kier alpha value is -4.93. The van der Waals surface area contributed by atoms with Gasteiger partial charge < -0.3 is 21.1 Å². The monoisotopic (exact) mass is 617 g/mol. The molecular weight excluding hydrogens is 593 g/mol. The molecule has 0 aliphatic carbocycles. The maximum absolute atomic E-state index is 14.5. The van der Waals surface area contributed by atoms with Crippen molar-refractivity contribution in [1.29, 1.82) is 0 Å². The van der Waals surface area contributed by atoms with Crippen molar-refractivity contribution in [3.8, 4) is 0 Å². The summed E-state index contributed by atoms with van der Waals surface area (Å²) in [5.74, 6) is -3.35. The van der Waals surface area contributed by atoms with Crippen LogP contribution in [0.2, 0.25) is 5.02 Å². The third-order valence-electron chi connectivity index (χ3n) is 5.99. The molecule has 0 saturated heterocycles. The number of amides is 3. The van der Waals surface area contributed by atoms with Crippen molar-refractivity contribution in [2.24, 2.45) is 0 Å². The van der Waals surface area contributed by atoms with Gasteiger partial charge in [-0.2, -0.15) is 0 Å². The van der Waals surface area contributed by atoms with Gasteiger partial charge in [0.15, 0.2) is 0 Å². The number of rotatable bonds is 10. The van der Waals surface area contributed by atoms with E-state index in [1.807, 2.05) is 0 Å². The van der Waals surface area contributed by atoms with Gasteiger partial charge in [-0.15, -0.1) is 11.8 Å². The summed E-state index contributed by atoms with van der Waals surface area (Å²) >= 11 is 7.42. The highest BCUT2D eigenvalue weighted by Gasteiger charge is 2.18. The lowest BCUT2D eigenvalue weighted by atomic mass is 10.1. The van der Waals surface area contributed by atoms with Crippen molar-refractivity contribution >= 4 is 64.5 Å². The number of thioether (sulfide) groups is 1. The summed E-state index contributed by atoms with van der Waals surface area (Å²) in [5, 5.41) is 16.6. The highest BCUT2D eigenvalue weighted by molar-refractivity contribution is 8.00. The van der Waals surface area contributed by atoms with Gasteiger partial charge >= 0.3 is 5.97 Å². The van der Waals surface area contributed by atoms with Crippen LogP contribution in [0, 0.1) is 5.82 Å². The Morgan fingerprint density at radius 3 is 2.19 bits per heavy atom. The quantitative estimate of drug-likeness (QED) is 0.116. The van der Waals surface area contributed by atoms with Crippen molar-refractivity contribution in [3.63, 3.8) is 0 Å². The molecule has 0 radical (unpaired) electrons. The van der Waals surface area contributed by atoms with E-state index in [4.69, 9.17) is 16.7 Å². The molecule has 0 fully saturated rings. The highest BCUT2D eigenvalue weighted by atomic mass is 35.5. The van der Waals surface area contributed by atoms with E-state index in [1.165, 1.54) is 48.2 Å². The third kappa shape index (κ3) is 8.54. The molecular formula is C32H25ClFN3O5S. The van der Waals surface area contributed by atoms with E-state index in [-0.39, 0.29) is 27.8 Å². The van der Waals surface area contributed by atoms with E-state index in [1.54, 1.807) is 73.7 Å². The summed E-state index contributed by atoms with van der Waals surface area (Å²) in [4.78, 5) is 50.6. The molecule has 43 heavy (non-hydrogen) atoms. The van der Waals surface area contributed by atoms with Crippen LogP contribution in [0.5, 0.6) is 0 Å². The van der Waals surface area contributed by atoms with E-state index < -0.39 is 28.9 Å². The second-order valence-corrected chi connectivity index (χ2v) is 10.9. The van der Waals surface area contributed by atoms with Gasteiger partial charge in [-0.1, -0.05) is 41.9 Å². The fourth-order valence-electron chi connectivity index (χ4n) is 3.78. The number of benzene rings is 4. The van der Waals surface area contributed by atoms with Gasteiger partial charge in [0.25, 0.3) is 11.8 Å². The highest BCUT2D eigenvalue weighted by Crippen LogP contribution is 2.27. The zero-order valence-electron chi connectivity index (χ0n) is 22.6. The fraction of sp³-hybridized carbons (Fsp3) is 0.0625. The van der Waals surface area contributed by atoms with Crippen molar-refractivity contribution in [1.82, 2.24) is 5.32 Å². The van der Waals surface area contributed by atoms with Crippen LogP contribution in [0.1, 0.15) is 33.2 Å². The van der Waals surface area contributed by atoms with Gasteiger partial charge in [-0.05, 0) is 79.7 Å². The van der Waals surface area contributed by atoms with Gasteiger partial charge in [-0.25, -0.2) is 9.18 Å². The Kier molecular flexibility index (Phi) is 10.3. The molecule has 4 aromatic carbocycles. The molecule has 0 aliphatic heterocycles. The number of carbonyl (C=O) groups is 4. The van der Waals surface area contributed by atoms with Crippen molar-refractivity contribution in [2.45, 2.75) is 17.1 Å². The molecule has 11 heteroatoms. The normalized spacial score (nSPS) is 11.7. The summed E-state index contributed by atoms with van der Waals surface area (Å²) in [6, 6.07) is 24.9. The number of hydrogen-bond acceptors (Lipinski definition) is 5. The molecule has 0 aromatic heterocycles. The molecule has 0 spiro atoms. The SMILES string of the molecule is CC(Sc1ccc(NC(=O)/C(=C/c2c(F)cccc2Cl)NC(=O)c2ccccc2)cc1)C(=O)Nc1cccc(C(=O)O)c1. The number of nitrogens with one attached hydrogen (secondary N) is 3. The molecule has 1 atom stereocenters. The lowest BCUT2D eigenvalue weighted by Crippen LogP contribution is -2.30. The molecule has 4 N–H and O–H groups in total. The van der Waals surface area contributed by atoms with Crippen LogP contribution in [0.25, 0.3) is 6.08 Å². The van der Waals surface area contributed by atoms with Crippen LogP contribution in [-0.2, 0) is 9.59 Å². The summed E-state index contributed by atoms with van der Waals surface area (Å²) in [7, 11) is 0. The average Bonchev–Trinajstić information content (AvgIpc) is 2.99. The maximum atomic E-state index is 14.5. The van der Waals surface area contributed by atoms with Gasteiger partial charge in [0.2, 0.25) is 5.91 Å². The fourth-order valence-corrected chi connectivity index (χ4v) is 4.87. The zero-order chi connectivity index (χ0) is 30.9. The van der Waals surface area contributed by atoms with E-state index in [0.717, 1.165) is 4.90 Å². The molecule has 1 unspecified atom stereocenters. The van der Waals surface area contributed by atoms with Gasteiger partial charge in [0, 0.05) is 27.4 Å². The van der Waals surface area contributed by atoms with Gasteiger partial charge in [0.05, 0.1) is 15.8 Å². The smallest absolute Gasteiger partial charge is 0.335 e. The standard InChI is InChI=1S/C32H25ClFN3O5S/c1-19(29(38)36-23-10-5-9-21(17-23)32(41)42)43-24-15-13-22(14-16-24)35-31(40)28(18-25-26(33)11-6-12-27(25)34)37-30(39)20-7-3-2-4-8-20/h2-19H,1H3,(H,35,40)(H,36,38)(H,37,39)(H,41,42)/b28-18-. The lowest BCUT2D eigenvalue weighted by molar-refractivity contribution is -0.115. The number of halogens is 2.